The molecule has 0 unspecified atom stereocenters. The Morgan fingerprint density at radius 1 is 0.933 bits per heavy atom. The number of aromatic nitrogens is 6. The first-order valence-electron chi connectivity index (χ1n) is 9.48. The van der Waals surface area contributed by atoms with E-state index in [9.17, 15) is 4.79 Å². The zero-order valence-corrected chi connectivity index (χ0v) is 16.3. The minimum absolute atomic E-state index is 0.173. The van der Waals surface area contributed by atoms with Crippen LogP contribution in [0.15, 0.2) is 71.8 Å². The first kappa shape index (κ1) is 18.1. The number of hydrogen-bond acceptors (Lipinski definition) is 6. The van der Waals surface area contributed by atoms with Gasteiger partial charge in [0.1, 0.15) is 6.33 Å². The van der Waals surface area contributed by atoms with Crippen LogP contribution in [0.25, 0.3) is 27.9 Å². The van der Waals surface area contributed by atoms with Gasteiger partial charge in [0.15, 0.2) is 16.8 Å². The van der Waals surface area contributed by atoms with Crippen LogP contribution >= 0.6 is 0 Å². The predicted molar refractivity (Wildman–Crippen MR) is 112 cm³/mol. The van der Waals surface area contributed by atoms with Crippen LogP contribution in [0.5, 0.6) is 0 Å². The molecule has 0 bridgehead atoms. The van der Waals surface area contributed by atoms with E-state index in [0.29, 0.717) is 30.1 Å². The Labute approximate surface area is 171 Å². The molecule has 0 aliphatic rings. The second-order valence-electron chi connectivity index (χ2n) is 6.89. The van der Waals surface area contributed by atoms with Crippen molar-refractivity contribution in [2.75, 3.05) is 7.11 Å². The Morgan fingerprint density at radius 3 is 2.40 bits per heavy atom. The molecule has 0 saturated carbocycles. The van der Waals surface area contributed by atoms with Crippen LogP contribution in [-0.2, 0) is 17.9 Å². The van der Waals surface area contributed by atoms with E-state index >= 15 is 0 Å². The molecule has 0 spiro atoms. The number of ether oxygens (including phenoxy) is 1. The summed E-state index contributed by atoms with van der Waals surface area (Å²) in [5.74, 6) is 0. The third kappa shape index (κ3) is 3.03. The molecule has 30 heavy (non-hydrogen) atoms. The first-order chi connectivity index (χ1) is 14.8. The van der Waals surface area contributed by atoms with Crippen LogP contribution in [0.1, 0.15) is 11.3 Å². The average Bonchev–Trinajstić information content (AvgIpc) is 3.15. The highest BCUT2D eigenvalue weighted by Gasteiger charge is 2.20. The highest BCUT2D eigenvalue weighted by Crippen LogP contribution is 2.28. The quantitative estimate of drug-likeness (QED) is 0.452. The lowest BCUT2D eigenvalue weighted by atomic mass is 10.1. The second kappa shape index (κ2) is 7.49. The molecule has 3 aromatic heterocycles. The maximum absolute atomic E-state index is 13.0. The fourth-order valence-corrected chi connectivity index (χ4v) is 3.53. The van der Waals surface area contributed by atoms with Crippen LogP contribution in [-0.4, -0.2) is 36.5 Å². The summed E-state index contributed by atoms with van der Waals surface area (Å²) in [7, 11) is 1.61. The van der Waals surface area contributed by atoms with E-state index in [-0.39, 0.29) is 11.1 Å². The van der Waals surface area contributed by atoms with Gasteiger partial charge in [0.05, 0.1) is 24.4 Å². The molecule has 0 atom stereocenters. The van der Waals surface area contributed by atoms with Crippen molar-refractivity contribution in [3.63, 3.8) is 0 Å². The number of methoxy groups -OCH3 is 1. The van der Waals surface area contributed by atoms with Crippen LogP contribution in [0.4, 0.5) is 0 Å². The van der Waals surface area contributed by atoms with Gasteiger partial charge in [-0.2, -0.15) is 9.61 Å². The molecule has 8 heteroatoms. The third-order valence-corrected chi connectivity index (χ3v) is 4.91. The zero-order valence-electron chi connectivity index (χ0n) is 16.3. The molecule has 0 saturated heterocycles. The Kier molecular flexibility index (Phi) is 4.53. The average molecular weight is 398 g/mol. The molecule has 0 fully saturated rings. The van der Waals surface area contributed by atoms with Gasteiger partial charge in [-0.1, -0.05) is 60.7 Å². The Bertz CT molecular complexity index is 1390. The SMILES string of the molecule is COCc1nn2c(nnc3c(=O)n(Cc4ccccc4)cnc32)c1-c1ccccc1. The summed E-state index contributed by atoms with van der Waals surface area (Å²) in [5, 5.41) is 13.2. The fraction of sp³-hybridized carbons (Fsp3) is 0.136. The Morgan fingerprint density at radius 2 is 1.67 bits per heavy atom. The van der Waals surface area contributed by atoms with Crippen molar-refractivity contribution in [1.82, 2.24) is 29.4 Å². The Balaban J connectivity index is 1.70. The Hall–Kier alpha value is -3.91. The second-order valence-corrected chi connectivity index (χ2v) is 6.89. The molecule has 0 aliphatic carbocycles. The van der Waals surface area contributed by atoms with Crippen molar-refractivity contribution in [3.05, 3.63) is 88.6 Å². The van der Waals surface area contributed by atoms with Crippen molar-refractivity contribution in [2.45, 2.75) is 13.2 Å². The van der Waals surface area contributed by atoms with E-state index < -0.39 is 0 Å². The van der Waals surface area contributed by atoms with Crippen LogP contribution < -0.4 is 5.56 Å². The molecule has 0 radical (unpaired) electrons. The van der Waals surface area contributed by atoms with E-state index in [1.165, 1.54) is 10.9 Å². The van der Waals surface area contributed by atoms with E-state index in [1.54, 1.807) is 11.6 Å². The van der Waals surface area contributed by atoms with Gasteiger partial charge in [0.25, 0.3) is 5.56 Å². The van der Waals surface area contributed by atoms with Gasteiger partial charge >= 0.3 is 0 Å². The summed E-state index contributed by atoms with van der Waals surface area (Å²) >= 11 is 0. The van der Waals surface area contributed by atoms with Crippen molar-refractivity contribution >= 4 is 16.8 Å². The van der Waals surface area contributed by atoms with Crippen molar-refractivity contribution in [3.8, 4) is 11.1 Å². The highest BCUT2D eigenvalue weighted by atomic mass is 16.5. The lowest BCUT2D eigenvalue weighted by Gasteiger charge is -2.06. The zero-order chi connectivity index (χ0) is 20.5. The standard InChI is InChI=1S/C22H18N6O2/c1-30-13-17-18(16-10-6-3-7-11-16)20-25-24-19-21(28(20)26-17)23-14-27(22(19)29)12-15-8-4-2-5-9-15/h2-11,14H,12-13H2,1H3. The minimum atomic E-state index is -0.261. The molecular formula is C22H18N6O2. The van der Waals surface area contributed by atoms with Crippen LogP contribution in [0, 0.1) is 0 Å². The minimum Gasteiger partial charge on any atom is -0.378 e. The van der Waals surface area contributed by atoms with E-state index in [2.05, 4.69) is 20.3 Å². The first-order valence-corrected chi connectivity index (χ1v) is 9.48. The number of rotatable bonds is 5. The lowest BCUT2D eigenvalue weighted by Crippen LogP contribution is -2.23. The topological polar surface area (TPSA) is 87.2 Å². The van der Waals surface area contributed by atoms with Gasteiger partial charge < -0.3 is 4.74 Å². The van der Waals surface area contributed by atoms with Gasteiger partial charge in [-0.05, 0) is 11.1 Å². The maximum atomic E-state index is 13.0. The largest absolute Gasteiger partial charge is 0.378 e. The molecule has 5 rings (SSSR count). The predicted octanol–water partition coefficient (Wildman–Crippen LogP) is 2.70. The van der Waals surface area contributed by atoms with Gasteiger partial charge in [-0.15, -0.1) is 10.2 Å². The van der Waals surface area contributed by atoms with E-state index in [4.69, 9.17) is 4.74 Å². The van der Waals surface area contributed by atoms with Crippen molar-refractivity contribution in [1.29, 1.82) is 0 Å². The lowest BCUT2D eigenvalue weighted by molar-refractivity contribution is 0.181. The van der Waals surface area contributed by atoms with Crippen molar-refractivity contribution < 1.29 is 4.74 Å². The molecule has 0 N–H and O–H groups in total. The normalized spacial score (nSPS) is 11.4. The van der Waals surface area contributed by atoms with Crippen LogP contribution in [0.2, 0.25) is 0 Å². The fourth-order valence-electron chi connectivity index (χ4n) is 3.53. The monoisotopic (exact) mass is 398 g/mol. The van der Waals surface area contributed by atoms with Gasteiger partial charge in [-0.3, -0.25) is 9.36 Å². The summed E-state index contributed by atoms with van der Waals surface area (Å²) in [6.45, 7) is 0.714. The molecule has 5 aromatic rings. The van der Waals surface area contributed by atoms with Crippen molar-refractivity contribution in [2.24, 2.45) is 0 Å². The maximum Gasteiger partial charge on any atom is 0.283 e. The number of benzene rings is 2. The molecule has 148 valence electrons. The molecule has 2 aromatic carbocycles. The summed E-state index contributed by atoms with van der Waals surface area (Å²) < 4.78 is 8.43. The van der Waals surface area contributed by atoms with Crippen LogP contribution in [0.3, 0.4) is 0 Å². The van der Waals surface area contributed by atoms with Gasteiger partial charge in [-0.25, -0.2) is 4.98 Å². The van der Waals surface area contributed by atoms with E-state index in [1.807, 2.05) is 60.7 Å². The van der Waals surface area contributed by atoms with Gasteiger partial charge in [0, 0.05) is 7.11 Å². The summed E-state index contributed by atoms with van der Waals surface area (Å²) in [4.78, 5) is 17.5. The van der Waals surface area contributed by atoms with Gasteiger partial charge in [0.2, 0.25) is 0 Å². The molecule has 0 amide bonds. The number of hydrogen-bond donors (Lipinski definition) is 0. The third-order valence-electron chi connectivity index (χ3n) is 4.91. The summed E-state index contributed by atoms with van der Waals surface area (Å²) in [6, 6.07) is 19.5. The molecule has 0 aliphatic heterocycles. The number of nitrogens with zero attached hydrogens (tertiary/aromatic N) is 6. The number of fused-ring (bicyclic) bond motifs is 3. The smallest absolute Gasteiger partial charge is 0.283 e. The summed E-state index contributed by atoms with van der Waals surface area (Å²) in [5.41, 5.74) is 4.30. The molecular weight excluding hydrogens is 380 g/mol. The summed E-state index contributed by atoms with van der Waals surface area (Å²) in [6.07, 6.45) is 1.53. The van der Waals surface area contributed by atoms with E-state index in [0.717, 1.165) is 16.7 Å². The molecule has 8 nitrogen and oxygen atoms in total. The molecule has 3 heterocycles. The highest BCUT2D eigenvalue weighted by molar-refractivity contribution is 5.83.